The van der Waals surface area contributed by atoms with E-state index in [1.54, 1.807) is 0 Å². The molecule has 0 aromatic heterocycles. The fraction of sp³-hybridized carbons (Fsp3) is 0.765. The predicted octanol–water partition coefficient (Wildman–Crippen LogP) is 2.36. The Balaban J connectivity index is 1.91. The molecule has 4 atom stereocenters. The summed E-state index contributed by atoms with van der Waals surface area (Å²) >= 11 is 0. The highest BCUT2D eigenvalue weighted by molar-refractivity contribution is 6.06. The van der Waals surface area contributed by atoms with Gasteiger partial charge in [-0.3, -0.25) is 9.59 Å². The molecule has 1 saturated heterocycles. The summed E-state index contributed by atoms with van der Waals surface area (Å²) in [5.74, 6) is 0.951. The maximum absolute atomic E-state index is 13.0. The van der Waals surface area contributed by atoms with Gasteiger partial charge in [0.15, 0.2) is 5.78 Å². The Labute approximate surface area is 120 Å². The predicted molar refractivity (Wildman–Crippen MR) is 76.2 cm³/mol. The van der Waals surface area contributed by atoms with Gasteiger partial charge in [-0.2, -0.15) is 0 Å². The van der Waals surface area contributed by atoms with Crippen LogP contribution in [0.5, 0.6) is 0 Å². The Bertz CT molecular complexity index is 537. The Hall–Kier alpha value is -0.960. The summed E-state index contributed by atoms with van der Waals surface area (Å²) in [5, 5.41) is 0. The zero-order valence-corrected chi connectivity index (χ0v) is 12.4. The van der Waals surface area contributed by atoms with E-state index in [1.165, 1.54) is 5.57 Å². The van der Waals surface area contributed by atoms with Gasteiger partial charge in [-0.25, -0.2) is 0 Å². The Kier molecular flexibility index (Phi) is 2.44. The lowest BCUT2D eigenvalue weighted by Gasteiger charge is -2.50. The van der Waals surface area contributed by atoms with Gasteiger partial charge >= 0.3 is 0 Å². The zero-order valence-electron chi connectivity index (χ0n) is 12.4. The van der Waals surface area contributed by atoms with Gasteiger partial charge in [-0.1, -0.05) is 5.57 Å². The first-order chi connectivity index (χ1) is 9.52. The first-order valence-corrected chi connectivity index (χ1v) is 7.97. The van der Waals surface area contributed by atoms with Gasteiger partial charge in [0.05, 0.1) is 10.8 Å². The Morgan fingerprint density at radius 2 is 2.00 bits per heavy atom. The van der Waals surface area contributed by atoms with Gasteiger partial charge in [0.2, 0.25) is 0 Å². The molecular weight excluding hydrogens is 250 g/mol. The Morgan fingerprint density at radius 1 is 1.20 bits per heavy atom. The van der Waals surface area contributed by atoms with Crippen molar-refractivity contribution in [2.24, 2.45) is 16.7 Å². The van der Waals surface area contributed by atoms with Crippen LogP contribution >= 0.6 is 0 Å². The highest BCUT2D eigenvalue weighted by atomic mass is 16.1. The number of ketones is 2. The number of carbonyl (C=O) groups excluding carboxylic acids is 2. The van der Waals surface area contributed by atoms with Crippen molar-refractivity contribution < 1.29 is 9.59 Å². The maximum Gasteiger partial charge on any atom is 0.163 e. The second-order valence-corrected chi connectivity index (χ2v) is 7.46. The fourth-order valence-corrected chi connectivity index (χ4v) is 6.19. The SMILES string of the molecule is CC1=CC(=O)C23CCC4N(C)CCCC42C(=O)CC3C1. The summed E-state index contributed by atoms with van der Waals surface area (Å²) in [7, 11) is 2.14. The standard InChI is InChI=1S/C17H23NO2/c1-11-8-12-10-15(20)17-5-3-7-18(2)13(17)4-6-16(12,17)14(19)9-11/h9,12-13H,3-8,10H2,1-2H3. The van der Waals surface area contributed by atoms with Crippen molar-refractivity contribution in [3.05, 3.63) is 11.6 Å². The molecule has 0 aromatic carbocycles. The van der Waals surface area contributed by atoms with Crippen molar-refractivity contribution in [1.29, 1.82) is 0 Å². The van der Waals surface area contributed by atoms with Crippen LogP contribution in [-0.4, -0.2) is 36.1 Å². The third-order valence-electron chi connectivity index (χ3n) is 6.80. The number of allylic oxidation sites excluding steroid dienone is 2. The number of piperidine rings is 1. The summed E-state index contributed by atoms with van der Waals surface area (Å²) in [4.78, 5) is 28.3. The highest BCUT2D eigenvalue weighted by Crippen LogP contribution is 2.70. The first-order valence-electron chi connectivity index (χ1n) is 7.97. The monoisotopic (exact) mass is 273 g/mol. The molecule has 3 heteroatoms. The molecule has 2 spiro atoms. The van der Waals surface area contributed by atoms with Gasteiger partial charge in [0.1, 0.15) is 5.78 Å². The van der Waals surface area contributed by atoms with Crippen molar-refractivity contribution >= 4 is 11.6 Å². The minimum absolute atomic E-state index is 0.273. The van der Waals surface area contributed by atoms with Crippen LogP contribution in [0.2, 0.25) is 0 Å². The molecule has 108 valence electrons. The van der Waals surface area contributed by atoms with Crippen molar-refractivity contribution in [2.45, 2.75) is 51.5 Å². The molecule has 3 aliphatic carbocycles. The molecule has 4 aliphatic rings. The van der Waals surface area contributed by atoms with E-state index in [9.17, 15) is 9.59 Å². The van der Waals surface area contributed by atoms with Gasteiger partial charge < -0.3 is 4.90 Å². The first kappa shape index (κ1) is 12.8. The molecule has 0 radical (unpaired) electrons. The summed E-state index contributed by atoms with van der Waals surface area (Å²) in [6.45, 7) is 3.11. The lowest BCUT2D eigenvalue weighted by Crippen LogP contribution is -2.58. The average molecular weight is 273 g/mol. The van der Waals surface area contributed by atoms with E-state index in [0.29, 0.717) is 18.2 Å². The van der Waals surface area contributed by atoms with Crippen LogP contribution in [0.25, 0.3) is 0 Å². The Morgan fingerprint density at radius 3 is 2.80 bits per heavy atom. The number of carbonyl (C=O) groups is 2. The van der Waals surface area contributed by atoms with E-state index in [4.69, 9.17) is 0 Å². The van der Waals surface area contributed by atoms with Crippen LogP contribution in [0.4, 0.5) is 0 Å². The van der Waals surface area contributed by atoms with Crippen molar-refractivity contribution in [1.82, 2.24) is 4.90 Å². The van der Waals surface area contributed by atoms with Crippen LogP contribution in [0.1, 0.15) is 45.4 Å². The van der Waals surface area contributed by atoms with Crippen LogP contribution in [-0.2, 0) is 9.59 Å². The molecule has 4 rings (SSSR count). The average Bonchev–Trinajstić information content (AvgIpc) is 2.84. The van der Waals surface area contributed by atoms with Crippen LogP contribution in [0, 0.1) is 16.7 Å². The second kappa shape index (κ2) is 3.82. The van der Waals surface area contributed by atoms with E-state index in [2.05, 4.69) is 11.9 Å². The van der Waals surface area contributed by atoms with Crippen LogP contribution in [0.3, 0.4) is 0 Å². The molecular formula is C17H23NO2. The lowest BCUT2D eigenvalue weighted by atomic mass is 9.55. The third kappa shape index (κ3) is 1.18. The number of likely N-dealkylation sites (tertiary alicyclic amines) is 1. The largest absolute Gasteiger partial charge is 0.302 e. The summed E-state index contributed by atoms with van der Waals surface area (Å²) < 4.78 is 0. The molecule has 4 unspecified atom stereocenters. The van der Waals surface area contributed by atoms with Gasteiger partial charge in [-0.05, 0) is 64.6 Å². The van der Waals surface area contributed by atoms with Gasteiger partial charge in [0.25, 0.3) is 0 Å². The number of Topliss-reactive ketones (excluding diaryl/α,β-unsaturated/α-hetero) is 1. The molecule has 3 nitrogen and oxygen atoms in total. The normalized spacial score (nSPS) is 47.8. The molecule has 1 aliphatic heterocycles. The molecule has 0 N–H and O–H groups in total. The van der Waals surface area contributed by atoms with Crippen LogP contribution in [0.15, 0.2) is 11.6 Å². The third-order valence-corrected chi connectivity index (χ3v) is 6.80. The van der Waals surface area contributed by atoms with E-state index in [0.717, 1.165) is 38.6 Å². The molecule has 3 fully saturated rings. The fourth-order valence-electron chi connectivity index (χ4n) is 6.19. The van der Waals surface area contributed by atoms with Gasteiger partial charge in [0, 0.05) is 12.5 Å². The van der Waals surface area contributed by atoms with Crippen molar-refractivity contribution in [2.75, 3.05) is 13.6 Å². The van der Waals surface area contributed by atoms with E-state index < -0.39 is 0 Å². The topological polar surface area (TPSA) is 37.4 Å². The smallest absolute Gasteiger partial charge is 0.163 e. The number of hydrogen-bond donors (Lipinski definition) is 0. The minimum Gasteiger partial charge on any atom is -0.302 e. The molecule has 1 heterocycles. The lowest BCUT2D eigenvalue weighted by molar-refractivity contribution is -0.146. The second-order valence-electron chi connectivity index (χ2n) is 7.46. The van der Waals surface area contributed by atoms with Crippen molar-refractivity contribution in [3.63, 3.8) is 0 Å². The quantitative estimate of drug-likeness (QED) is 0.680. The van der Waals surface area contributed by atoms with Crippen molar-refractivity contribution in [3.8, 4) is 0 Å². The maximum atomic E-state index is 13.0. The minimum atomic E-state index is -0.348. The van der Waals surface area contributed by atoms with E-state index in [1.807, 2.05) is 13.0 Å². The van der Waals surface area contributed by atoms with E-state index in [-0.39, 0.29) is 22.5 Å². The summed E-state index contributed by atoms with van der Waals surface area (Å²) in [5.41, 5.74) is 0.477. The summed E-state index contributed by atoms with van der Waals surface area (Å²) in [6, 6.07) is 0.310. The number of rotatable bonds is 0. The molecule has 0 amide bonds. The number of nitrogens with zero attached hydrogens (tertiary/aromatic N) is 1. The summed E-state index contributed by atoms with van der Waals surface area (Å²) in [6.07, 6.45) is 7.41. The highest BCUT2D eigenvalue weighted by Gasteiger charge is 2.74. The van der Waals surface area contributed by atoms with E-state index >= 15 is 0 Å². The van der Waals surface area contributed by atoms with Gasteiger partial charge in [-0.15, -0.1) is 0 Å². The molecule has 0 aromatic rings. The zero-order chi connectivity index (χ0) is 14.1. The molecule has 0 bridgehead atoms. The molecule has 20 heavy (non-hydrogen) atoms. The molecule has 2 saturated carbocycles. The number of hydrogen-bond acceptors (Lipinski definition) is 3. The van der Waals surface area contributed by atoms with Crippen LogP contribution < -0.4 is 0 Å².